The van der Waals surface area contributed by atoms with Crippen molar-refractivity contribution in [2.75, 3.05) is 0 Å². The van der Waals surface area contributed by atoms with E-state index in [-0.39, 0.29) is 0 Å². The van der Waals surface area contributed by atoms with Gasteiger partial charge < -0.3 is 19.8 Å². The van der Waals surface area contributed by atoms with E-state index < -0.39 is 45.0 Å². The van der Waals surface area contributed by atoms with E-state index in [1.807, 2.05) is 0 Å². The second kappa shape index (κ2) is 5.38. The Morgan fingerprint density at radius 2 is 1.73 bits per heavy atom. The zero-order valence-corrected chi connectivity index (χ0v) is 8.14. The third-order valence-electron chi connectivity index (χ3n) is 1.42. The summed E-state index contributed by atoms with van der Waals surface area (Å²) in [5, 5.41) is 26.1. The minimum absolute atomic E-state index is 1.00. The van der Waals surface area contributed by atoms with Crippen molar-refractivity contribution in [3.8, 4) is 0 Å². The van der Waals surface area contributed by atoms with Gasteiger partial charge in [0.1, 0.15) is 0 Å². The summed E-state index contributed by atoms with van der Waals surface area (Å²) in [4.78, 5) is 31.4. The largest absolute Gasteiger partial charge is 0.481 e. The molecule has 84 valence electrons. The summed E-state index contributed by atoms with van der Waals surface area (Å²) in [6, 6.07) is 0. The molecule has 0 aromatic rings. The zero-order chi connectivity index (χ0) is 12.1. The Labute approximate surface area is 84.8 Å². The first-order chi connectivity index (χ1) is 6.81. The van der Waals surface area contributed by atoms with Gasteiger partial charge in [0.2, 0.25) is 0 Å². The Kier molecular flexibility index (Phi) is 4.83. The smallest absolute Gasteiger partial charge is 0.398 e. The Hall–Kier alpha value is -1.53. The predicted molar refractivity (Wildman–Crippen MR) is 43.2 cm³/mol. The molecule has 3 N–H and O–H groups in total. The average molecular weight is 238 g/mol. The highest BCUT2D eigenvalue weighted by Gasteiger charge is 2.41. The molecule has 0 aromatic carbocycles. The number of carbonyl (C=O) groups is 3. The molecule has 0 radical (unpaired) electrons. The number of hydrogen-bond donors (Lipinski definition) is 3. The van der Waals surface area contributed by atoms with Gasteiger partial charge in [-0.2, -0.15) is 0 Å². The molecule has 1 unspecified atom stereocenters. The lowest BCUT2D eigenvalue weighted by atomic mass is 9.96. The van der Waals surface area contributed by atoms with Gasteiger partial charge in [0.25, 0.3) is 0 Å². The number of carboxylic acid groups (broad SMARTS) is 2. The molecular formula is C6H7O8P. The maximum absolute atomic E-state index is 10.7. The van der Waals surface area contributed by atoms with Crippen LogP contribution in [0.2, 0.25) is 0 Å². The van der Waals surface area contributed by atoms with Crippen molar-refractivity contribution in [2.24, 2.45) is 0 Å². The van der Waals surface area contributed by atoms with Gasteiger partial charge in [-0.05, 0) is 0 Å². The summed E-state index contributed by atoms with van der Waals surface area (Å²) < 4.78 is 13.6. The maximum atomic E-state index is 10.7. The highest BCUT2D eigenvalue weighted by atomic mass is 31.1. The number of carbonyl (C=O) groups excluding carboxylic acids is 1. The lowest BCUT2D eigenvalue weighted by Crippen LogP contribution is -2.42. The van der Waals surface area contributed by atoms with E-state index in [2.05, 4.69) is 4.52 Å². The van der Waals surface area contributed by atoms with E-state index in [0.29, 0.717) is 0 Å². The number of aliphatic carboxylic acids is 2. The zero-order valence-electron chi connectivity index (χ0n) is 7.24. The first kappa shape index (κ1) is 13.5. The van der Waals surface area contributed by atoms with Gasteiger partial charge in [-0.25, -0.2) is 9.36 Å². The fourth-order valence-electron chi connectivity index (χ4n) is 0.777. The lowest BCUT2D eigenvalue weighted by Gasteiger charge is -2.18. The third kappa shape index (κ3) is 4.48. The summed E-state index contributed by atoms with van der Waals surface area (Å²) in [5.41, 5.74) is -2.76. The van der Waals surface area contributed by atoms with Crippen molar-refractivity contribution >= 4 is 26.6 Å². The van der Waals surface area contributed by atoms with Gasteiger partial charge in [0.05, 0.1) is 12.8 Å². The Morgan fingerprint density at radius 3 is 2.07 bits per heavy atom. The molecular weight excluding hydrogens is 231 g/mol. The maximum Gasteiger partial charge on any atom is 0.398 e. The minimum atomic E-state index is -2.76. The Balaban J connectivity index is 4.65. The Morgan fingerprint density at radius 1 is 1.20 bits per heavy atom. The fourth-order valence-corrected chi connectivity index (χ4v) is 0.924. The minimum Gasteiger partial charge on any atom is -0.481 e. The molecule has 0 saturated heterocycles. The fraction of sp³-hybridized carbons (Fsp3) is 0.500. The molecule has 0 aliphatic carbocycles. The van der Waals surface area contributed by atoms with E-state index in [4.69, 9.17) is 10.2 Å². The van der Waals surface area contributed by atoms with Crippen LogP contribution in [-0.4, -0.2) is 38.8 Å². The van der Waals surface area contributed by atoms with Crippen molar-refractivity contribution in [1.82, 2.24) is 0 Å². The van der Waals surface area contributed by atoms with Crippen LogP contribution in [-0.2, 0) is 23.5 Å². The van der Waals surface area contributed by atoms with Crippen molar-refractivity contribution in [3.05, 3.63) is 0 Å². The molecule has 0 aliphatic heterocycles. The quantitative estimate of drug-likeness (QED) is 0.522. The molecule has 0 heterocycles. The topological polar surface area (TPSA) is 138 Å². The predicted octanol–water partition coefficient (Wildman–Crippen LogP) is -0.583. The lowest BCUT2D eigenvalue weighted by molar-refractivity contribution is -0.169. The van der Waals surface area contributed by atoms with E-state index in [1.54, 1.807) is 0 Å². The normalized spacial score (nSPS) is 14.2. The third-order valence-corrected chi connectivity index (χ3v) is 1.70. The molecule has 0 saturated carbocycles. The van der Waals surface area contributed by atoms with Crippen LogP contribution in [0.25, 0.3) is 0 Å². The summed E-state index contributed by atoms with van der Waals surface area (Å²) in [6.07, 6.45) is -2.25. The van der Waals surface area contributed by atoms with Crippen molar-refractivity contribution in [1.29, 1.82) is 0 Å². The van der Waals surface area contributed by atoms with E-state index in [1.165, 1.54) is 0 Å². The summed E-state index contributed by atoms with van der Waals surface area (Å²) >= 11 is 0. The SMILES string of the molecule is O=POC(=O)CC(O)(CC(=O)O)C(=O)O. The van der Waals surface area contributed by atoms with Crippen molar-refractivity contribution < 1.29 is 38.8 Å². The second-order valence-electron chi connectivity index (χ2n) is 2.62. The summed E-state index contributed by atoms with van der Waals surface area (Å²) in [6.45, 7) is 0. The number of rotatable bonds is 6. The van der Waals surface area contributed by atoms with Crippen molar-refractivity contribution in [2.45, 2.75) is 18.4 Å². The molecule has 0 aromatic heterocycles. The molecule has 1 atom stereocenters. The molecule has 0 rings (SSSR count). The molecule has 8 nitrogen and oxygen atoms in total. The van der Waals surface area contributed by atoms with Crippen LogP contribution in [0.1, 0.15) is 12.8 Å². The van der Waals surface area contributed by atoms with Crippen LogP contribution >= 0.6 is 8.69 Å². The first-order valence-electron chi connectivity index (χ1n) is 3.52. The van der Waals surface area contributed by atoms with Gasteiger partial charge in [-0.15, -0.1) is 0 Å². The first-order valence-corrected chi connectivity index (χ1v) is 4.25. The van der Waals surface area contributed by atoms with E-state index in [0.717, 1.165) is 0 Å². The molecule has 9 heteroatoms. The van der Waals surface area contributed by atoms with Gasteiger partial charge in [-0.1, -0.05) is 0 Å². The molecule has 15 heavy (non-hydrogen) atoms. The second-order valence-corrected chi connectivity index (χ2v) is 2.95. The van der Waals surface area contributed by atoms with Gasteiger partial charge >= 0.3 is 26.6 Å². The van der Waals surface area contributed by atoms with Crippen LogP contribution in [0, 0.1) is 0 Å². The number of hydrogen-bond acceptors (Lipinski definition) is 6. The van der Waals surface area contributed by atoms with Gasteiger partial charge in [0, 0.05) is 0 Å². The van der Waals surface area contributed by atoms with Crippen LogP contribution < -0.4 is 0 Å². The van der Waals surface area contributed by atoms with Gasteiger partial charge in [-0.3, -0.25) is 9.59 Å². The molecule has 0 spiro atoms. The van der Waals surface area contributed by atoms with Crippen LogP contribution in [0.3, 0.4) is 0 Å². The Bertz CT molecular complexity index is 300. The van der Waals surface area contributed by atoms with E-state index in [9.17, 15) is 24.1 Å². The van der Waals surface area contributed by atoms with Crippen LogP contribution in [0.4, 0.5) is 0 Å². The van der Waals surface area contributed by atoms with Crippen LogP contribution in [0.15, 0.2) is 0 Å². The number of carboxylic acids is 2. The summed E-state index contributed by atoms with van der Waals surface area (Å²) in [7, 11) is -1.00. The van der Waals surface area contributed by atoms with Gasteiger partial charge in [0.15, 0.2) is 5.60 Å². The van der Waals surface area contributed by atoms with Crippen LogP contribution in [0.5, 0.6) is 0 Å². The van der Waals surface area contributed by atoms with E-state index >= 15 is 0 Å². The average Bonchev–Trinajstić information content (AvgIpc) is 2.01. The highest BCUT2D eigenvalue weighted by molar-refractivity contribution is 7.18. The highest BCUT2D eigenvalue weighted by Crippen LogP contribution is 2.18. The monoisotopic (exact) mass is 238 g/mol. The molecule has 0 aliphatic rings. The number of aliphatic hydroxyl groups is 1. The standard InChI is InChI=1S/C6H7O8P/c7-3(8)1-6(12,5(10)11)2-4(9)14-15-13/h12H,1-2H2,(H,7,8)(H,10,11). The molecule has 0 bridgehead atoms. The van der Waals surface area contributed by atoms with Crippen molar-refractivity contribution in [3.63, 3.8) is 0 Å². The molecule has 0 fully saturated rings. The summed E-state index contributed by atoms with van der Waals surface area (Å²) in [5.74, 6) is -4.74. The molecule has 0 amide bonds.